The van der Waals surface area contributed by atoms with Crippen LogP contribution in [0.5, 0.6) is 0 Å². The Kier molecular flexibility index (Phi) is 5.68. The zero-order valence-corrected chi connectivity index (χ0v) is 17.6. The lowest BCUT2D eigenvalue weighted by molar-refractivity contribution is -0.113. The minimum Gasteiger partial charge on any atom is -0.325 e. The molecule has 0 unspecified atom stereocenters. The highest BCUT2D eigenvalue weighted by Crippen LogP contribution is 2.22. The van der Waals surface area contributed by atoms with Crippen LogP contribution in [0.3, 0.4) is 0 Å². The smallest absolute Gasteiger partial charge is 0.266 e. The molecule has 150 valence electrons. The number of amides is 1. The SMILES string of the molecule is Cc1ccc(NC(=O)CSc2nc3ccccc3c(=O)n2-c2ccc(C)cc2)cc1. The van der Waals surface area contributed by atoms with Gasteiger partial charge in [-0.15, -0.1) is 0 Å². The maximum Gasteiger partial charge on any atom is 0.266 e. The molecule has 1 N–H and O–H groups in total. The van der Waals surface area contributed by atoms with Crippen LogP contribution in [0.15, 0.2) is 82.7 Å². The third kappa shape index (κ3) is 4.28. The van der Waals surface area contributed by atoms with Gasteiger partial charge in [-0.05, 0) is 50.2 Å². The molecule has 0 radical (unpaired) electrons. The number of nitrogens with zero attached hydrogens (tertiary/aromatic N) is 2. The van der Waals surface area contributed by atoms with Crippen LogP contribution in [0.25, 0.3) is 16.6 Å². The second-order valence-electron chi connectivity index (χ2n) is 7.09. The Morgan fingerprint density at radius 1 is 0.933 bits per heavy atom. The number of rotatable bonds is 5. The molecular formula is C24H21N3O2S. The summed E-state index contributed by atoms with van der Waals surface area (Å²) in [6.45, 7) is 3.99. The van der Waals surface area contributed by atoms with Crippen LogP contribution in [0.2, 0.25) is 0 Å². The van der Waals surface area contributed by atoms with E-state index in [2.05, 4.69) is 10.3 Å². The average molecular weight is 416 g/mol. The molecule has 3 aromatic carbocycles. The summed E-state index contributed by atoms with van der Waals surface area (Å²) in [6, 6.07) is 22.6. The fourth-order valence-electron chi connectivity index (χ4n) is 3.09. The Morgan fingerprint density at radius 3 is 2.27 bits per heavy atom. The summed E-state index contributed by atoms with van der Waals surface area (Å²) in [5, 5.41) is 3.92. The van der Waals surface area contributed by atoms with E-state index in [0.29, 0.717) is 16.1 Å². The van der Waals surface area contributed by atoms with Gasteiger partial charge >= 0.3 is 0 Å². The number of anilines is 1. The monoisotopic (exact) mass is 415 g/mol. The van der Waals surface area contributed by atoms with Gasteiger partial charge in [-0.2, -0.15) is 0 Å². The molecule has 0 bridgehead atoms. The second kappa shape index (κ2) is 8.55. The van der Waals surface area contributed by atoms with E-state index in [1.54, 1.807) is 10.6 Å². The molecule has 0 saturated heterocycles. The summed E-state index contributed by atoms with van der Waals surface area (Å²) >= 11 is 1.25. The summed E-state index contributed by atoms with van der Waals surface area (Å²) in [6.07, 6.45) is 0. The number of carbonyl (C=O) groups excluding carboxylic acids is 1. The van der Waals surface area contributed by atoms with Gasteiger partial charge < -0.3 is 5.32 Å². The van der Waals surface area contributed by atoms with E-state index in [-0.39, 0.29) is 17.2 Å². The third-order valence-electron chi connectivity index (χ3n) is 4.70. The van der Waals surface area contributed by atoms with E-state index in [9.17, 15) is 9.59 Å². The lowest BCUT2D eigenvalue weighted by Gasteiger charge is -2.13. The van der Waals surface area contributed by atoms with Gasteiger partial charge in [0.15, 0.2) is 5.16 Å². The highest BCUT2D eigenvalue weighted by molar-refractivity contribution is 7.99. The highest BCUT2D eigenvalue weighted by atomic mass is 32.2. The molecule has 0 aliphatic rings. The fraction of sp³-hybridized carbons (Fsp3) is 0.125. The predicted molar refractivity (Wildman–Crippen MR) is 123 cm³/mol. The average Bonchev–Trinajstić information content (AvgIpc) is 2.75. The lowest BCUT2D eigenvalue weighted by Crippen LogP contribution is -2.23. The van der Waals surface area contributed by atoms with Gasteiger partial charge in [0.2, 0.25) is 5.91 Å². The van der Waals surface area contributed by atoms with Crippen molar-refractivity contribution in [3.05, 3.63) is 94.3 Å². The summed E-state index contributed by atoms with van der Waals surface area (Å²) in [5.41, 5.74) is 4.18. The van der Waals surface area contributed by atoms with E-state index < -0.39 is 0 Å². The molecule has 0 fully saturated rings. The van der Waals surface area contributed by atoms with Gasteiger partial charge in [-0.1, -0.05) is 59.3 Å². The van der Waals surface area contributed by atoms with E-state index in [1.165, 1.54) is 11.8 Å². The fourth-order valence-corrected chi connectivity index (χ4v) is 3.91. The van der Waals surface area contributed by atoms with Gasteiger partial charge in [0, 0.05) is 5.69 Å². The van der Waals surface area contributed by atoms with Crippen molar-refractivity contribution in [3.8, 4) is 5.69 Å². The molecule has 5 nitrogen and oxygen atoms in total. The second-order valence-corrected chi connectivity index (χ2v) is 8.03. The largest absolute Gasteiger partial charge is 0.325 e. The number of benzene rings is 3. The number of aromatic nitrogens is 2. The lowest BCUT2D eigenvalue weighted by atomic mass is 10.2. The van der Waals surface area contributed by atoms with Crippen LogP contribution in [-0.2, 0) is 4.79 Å². The van der Waals surface area contributed by atoms with Crippen molar-refractivity contribution < 1.29 is 4.79 Å². The van der Waals surface area contributed by atoms with Crippen LogP contribution in [-0.4, -0.2) is 21.2 Å². The van der Waals surface area contributed by atoms with Gasteiger partial charge in [0.1, 0.15) is 0 Å². The quantitative estimate of drug-likeness (QED) is 0.378. The number of hydrogen-bond acceptors (Lipinski definition) is 4. The Morgan fingerprint density at radius 2 is 1.57 bits per heavy atom. The number of fused-ring (bicyclic) bond motifs is 1. The van der Waals surface area contributed by atoms with Crippen molar-refractivity contribution in [2.75, 3.05) is 11.1 Å². The molecule has 30 heavy (non-hydrogen) atoms. The minimum absolute atomic E-state index is 0.143. The van der Waals surface area contributed by atoms with Gasteiger partial charge in [0.05, 0.1) is 22.3 Å². The zero-order chi connectivity index (χ0) is 21.1. The summed E-state index contributed by atoms with van der Waals surface area (Å²) < 4.78 is 1.57. The van der Waals surface area contributed by atoms with Crippen molar-refractivity contribution >= 4 is 34.3 Å². The molecule has 0 aliphatic heterocycles. The number of para-hydroxylation sites is 1. The molecule has 4 aromatic rings. The van der Waals surface area contributed by atoms with E-state index >= 15 is 0 Å². The first-order valence-corrected chi connectivity index (χ1v) is 10.6. The third-order valence-corrected chi connectivity index (χ3v) is 5.64. The van der Waals surface area contributed by atoms with Gasteiger partial charge in [-0.3, -0.25) is 14.2 Å². The Balaban J connectivity index is 1.66. The predicted octanol–water partition coefficient (Wildman–Crippen LogP) is 4.73. The van der Waals surface area contributed by atoms with E-state index in [0.717, 1.165) is 22.5 Å². The molecule has 6 heteroatoms. The molecule has 1 amide bonds. The maximum absolute atomic E-state index is 13.2. The first-order valence-electron chi connectivity index (χ1n) is 9.59. The number of carbonyl (C=O) groups is 1. The molecular weight excluding hydrogens is 394 g/mol. The number of hydrogen-bond donors (Lipinski definition) is 1. The Bertz CT molecular complexity index is 1260. The summed E-state index contributed by atoms with van der Waals surface area (Å²) in [4.78, 5) is 30.3. The number of aryl methyl sites for hydroxylation is 2. The molecule has 1 heterocycles. The minimum atomic E-state index is -0.151. The first kappa shape index (κ1) is 19.9. The Hall–Kier alpha value is -3.38. The van der Waals surface area contributed by atoms with Crippen LogP contribution in [0.1, 0.15) is 11.1 Å². The summed E-state index contributed by atoms with van der Waals surface area (Å²) in [5.74, 6) is -0.00782. The van der Waals surface area contributed by atoms with Crippen molar-refractivity contribution in [1.82, 2.24) is 9.55 Å². The maximum atomic E-state index is 13.2. The highest BCUT2D eigenvalue weighted by Gasteiger charge is 2.15. The van der Waals surface area contributed by atoms with Crippen molar-refractivity contribution in [3.63, 3.8) is 0 Å². The topological polar surface area (TPSA) is 64.0 Å². The van der Waals surface area contributed by atoms with E-state index in [1.807, 2.05) is 80.6 Å². The van der Waals surface area contributed by atoms with Crippen LogP contribution >= 0.6 is 11.8 Å². The zero-order valence-electron chi connectivity index (χ0n) is 16.8. The number of thioether (sulfide) groups is 1. The molecule has 0 saturated carbocycles. The van der Waals surface area contributed by atoms with Gasteiger partial charge in [-0.25, -0.2) is 4.98 Å². The van der Waals surface area contributed by atoms with Crippen molar-refractivity contribution in [2.45, 2.75) is 19.0 Å². The van der Waals surface area contributed by atoms with Crippen LogP contribution < -0.4 is 10.9 Å². The number of nitrogens with one attached hydrogen (secondary N) is 1. The molecule has 0 atom stereocenters. The normalized spacial score (nSPS) is 10.9. The van der Waals surface area contributed by atoms with Crippen LogP contribution in [0, 0.1) is 13.8 Å². The van der Waals surface area contributed by atoms with Crippen LogP contribution in [0.4, 0.5) is 5.69 Å². The molecule has 0 spiro atoms. The molecule has 4 rings (SSSR count). The van der Waals surface area contributed by atoms with Crippen molar-refractivity contribution in [2.24, 2.45) is 0 Å². The first-order chi connectivity index (χ1) is 14.5. The molecule has 1 aromatic heterocycles. The summed E-state index contributed by atoms with van der Waals surface area (Å²) in [7, 11) is 0. The standard InChI is InChI=1S/C24H21N3O2S/c1-16-7-11-18(12-8-16)25-22(28)15-30-24-26-21-6-4-3-5-20(21)23(29)27(24)19-13-9-17(2)10-14-19/h3-14H,15H2,1-2H3,(H,25,28). The Labute approximate surface area is 178 Å². The van der Waals surface area contributed by atoms with Gasteiger partial charge in [0.25, 0.3) is 5.56 Å². The van der Waals surface area contributed by atoms with Crippen molar-refractivity contribution in [1.29, 1.82) is 0 Å². The molecule has 0 aliphatic carbocycles. The van der Waals surface area contributed by atoms with E-state index in [4.69, 9.17) is 0 Å².